The van der Waals surface area contributed by atoms with Crippen molar-refractivity contribution < 1.29 is 17.9 Å². The minimum absolute atomic E-state index is 0.0916. The van der Waals surface area contributed by atoms with Crippen LogP contribution in [-0.4, -0.2) is 42.2 Å². The number of nitrogens with one attached hydrogen (secondary N) is 2. The Hall–Kier alpha value is -2.86. The molecule has 1 aliphatic rings. The Labute approximate surface area is 249 Å². The Morgan fingerprint density at radius 1 is 1.02 bits per heavy atom. The Morgan fingerprint density at radius 2 is 1.73 bits per heavy atom. The van der Waals surface area contributed by atoms with E-state index >= 15 is 0 Å². The van der Waals surface area contributed by atoms with E-state index in [9.17, 15) is 13.2 Å². The number of hydrogen-bond acceptors (Lipinski definition) is 8. The van der Waals surface area contributed by atoms with Crippen LogP contribution in [0.5, 0.6) is 0 Å². The van der Waals surface area contributed by atoms with Crippen LogP contribution < -0.4 is 10.0 Å². The number of alkyl carbamates (subject to hydrolysis) is 1. The maximum absolute atomic E-state index is 13.7. The van der Waals surface area contributed by atoms with Gasteiger partial charge in [0.2, 0.25) is 10.0 Å². The topological polar surface area (TPSA) is 110 Å². The molecule has 1 fully saturated rings. The number of ether oxygens (including phenoxy) is 1. The van der Waals surface area contributed by atoms with Gasteiger partial charge in [0.1, 0.15) is 0 Å². The molecule has 4 aromatic rings. The summed E-state index contributed by atoms with van der Waals surface area (Å²) in [5, 5.41) is 3.96. The molecule has 11 heteroatoms. The molecule has 0 radical (unpaired) electrons. The summed E-state index contributed by atoms with van der Waals surface area (Å²) in [4.78, 5) is 22.1. The van der Waals surface area contributed by atoms with Gasteiger partial charge in [-0.1, -0.05) is 18.2 Å². The average molecular weight is 613 g/mol. The predicted molar refractivity (Wildman–Crippen MR) is 166 cm³/mol. The van der Waals surface area contributed by atoms with Crippen LogP contribution in [-0.2, 0) is 14.8 Å². The first-order chi connectivity index (χ1) is 19.4. The monoisotopic (exact) mass is 612 g/mol. The second kappa shape index (κ2) is 11.8. The van der Waals surface area contributed by atoms with Crippen molar-refractivity contribution in [3.05, 3.63) is 53.1 Å². The molecule has 8 nitrogen and oxygen atoms in total. The van der Waals surface area contributed by atoms with E-state index in [1.807, 2.05) is 70.5 Å². The fourth-order valence-electron chi connectivity index (χ4n) is 5.12. The summed E-state index contributed by atoms with van der Waals surface area (Å²) < 4.78 is 36.5. The summed E-state index contributed by atoms with van der Waals surface area (Å²) in [5.74, 6) is 0.270. The predicted octanol–water partition coefficient (Wildman–Crippen LogP) is 7.32. The van der Waals surface area contributed by atoms with Crippen LogP contribution in [0.1, 0.15) is 71.2 Å². The summed E-state index contributed by atoms with van der Waals surface area (Å²) in [5.41, 5.74) is 4.50. The summed E-state index contributed by atoms with van der Waals surface area (Å²) in [6, 6.07) is 11.7. The number of amides is 1. The zero-order valence-corrected chi connectivity index (χ0v) is 26.4. The van der Waals surface area contributed by atoms with Gasteiger partial charge >= 0.3 is 6.09 Å². The first-order valence-electron chi connectivity index (χ1n) is 13.8. The lowest BCUT2D eigenvalue weighted by Crippen LogP contribution is -2.40. The van der Waals surface area contributed by atoms with Gasteiger partial charge in [-0.2, -0.15) is 0 Å². The number of aromatic nitrogens is 2. The molecule has 2 aromatic carbocycles. The summed E-state index contributed by atoms with van der Waals surface area (Å²) >= 11 is 3.11. The molecule has 5 rings (SSSR count). The van der Waals surface area contributed by atoms with Gasteiger partial charge in [-0.15, -0.1) is 22.7 Å². The van der Waals surface area contributed by atoms with Crippen LogP contribution in [0.15, 0.2) is 53.0 Å². The summed E-state index contributed by atoms with van der Waals surface area (Å²) in [6.45, 7) is 9.18. The number of thiazole rings is 2. The molecule has 2 aromatic heterocycles. The molecule has 218 valence electrons. The highest BCUT2D eigenvalue weighted by atomic mass is 32.2. The molecular weight excluding hydrogens is 577 g/mol. The minimum atomic E-state index is -3.84. The zero-order chi connectivity index (χ0) is 29.4. The van der Waals surface area contributed by atoms with E-state index < -0.39 is 15.6 Å². The van der Waals surface area contributed by atoms with E-state index in [0.29, 0.717) is 5.56 Å². The van der Waals surface area contributed by atoms with Gasteiger partial charge in [-0.3, -0.25) is 0 Å². The molecule has 0 spiro atoms. The van der Waals surface area contributed by atoms with Crippen LogP contribution in [0.2, 0.25) is 0 Å². The molecule has 0 bridgehead atoms. The molecule has 2 heterocycles. The van der Waals surface area contributed by atoms with Crippen molar-refractivity contribution in [3.8, 4) is 21.6 Å². The molecule has 0 aliphatic heterocycles. The van der Waals surface area contributed by atoms with Crippen molar-refractivity contribution in [1.82, 2.24) is 20.0 Å². The summed E-state index contributed by atoms with van der Waals surface area (Å²) in [7, 11) is -3.84. The molecule has 1 amide bonds. The zero-order valence-electron chi connectivity index (χ0n) is 23.9. The third-order valence-corrected chi connectivity index (χ3v) is 10.7. The molecule has 0 atom stereocenters. The number of fused-ring (bicyclic) bond motifs is 1. The van der Waals surface area contributed by atoms with Gasteiger partial charge < -0.3 is 10.1 Å². The quantitative estimate of drug-likeness (QED) is 0.226. The number of benzene rings is 2. The van der Waals surface area contributed by atoms with Gasteiger partial charge in [-0.05, 0) is 89.6 Å². The second-order valence-corrected chi connectivity index (χ2v) is 15.4. The number of nitrogens with zero attached hydrogens (tertiary/aromatic N) is 2. The van der Waals surface area contributed by atoms with E-state index in [0.717, 1.165) is 56.9 Å². The van der Waals surface area contributed by atoms with Gasteiger partial charge in [0, 0.05) is 29.3 Å². The van der Waals surface area contributed by atoms with Crippen LogP contribution in [0.4, 0.5) is 4.79 Å². The highest BCUT2D eigenvalue weighted by Crippen LogP contribution is 2.40. The SMILES string of the molecule is CC(C)OC(=O)NC1CCC(c2ncc(-c3ccc(-c4ccc5ncsc5c4)cc3S(=O)(=O)NC(C)(C)C)s2)CC1. The lowest BCUT2D eigenvalue weighted by molar-refractivity contribution is 0.109. The van der Waals surface area contributed by atoms with Crippen molar-refractivity contribution in [2.45, 2.75) is 88.8 Å². The highest BCUT2D eigenvalue weighted by molar-refractivity contribution is 7.89. The third-order valence-electron chi connectivity index (χ3n) is 6.91. The number of rotatable bonds is 7. The number of carbonyl (C=O) groups excluding carboxylic acids is 1. The van der Waals surface area contributed by atoms with Gasteiger partial charge in [0.25, 0.3) is 0 Å². The molecule has 0 unspecified atom stereocenters. The standard InChI is InChI=1S/C30H36N4O4S3/c1-18(2)38-29(35)33-22-10-6-19(7-11-22)28-31-16-26(40-28)23-12-8-21(15-27(23)41(36,37)34-30(3,4)5)20-9-13-24-25(14-20)39-17-32-24/h8-9,12-19,22,34H,6-7,10-11H2,1-5H3,(H,33,35). The Kier molecular flexibility index (Phi) is 8.52. The molecule has 1 aliphatic carbocycles. The highest BCUT2D eigenvalue weighted by Gasteiger charge is 2.29. The van der Waals surface area contributed by atoms with Crippen molar-refractivity contribution in [2.75, 3.05) is 0 Å². The normalized spacial score (nSPS) is 18.1. The van der Waals surface area contributed by atoms with Crippen LogP contribution in [0.25, 0.3) is 31.8 Å². The molecule has 2 N–H and O–H groups in total. The van der Waals surface area contributed by atoms with Crippen molar-refractivity contribution in [1.29, 1.82) is 0 Å². The van der Waals surface area contributed by atoms with Gasteiger partial charge in [-0.25, -0.2) is 27.9 Å². The smallest absolute Gasteiger partial charge is 0.407 e. The lowest BCUT2D eigenvalue weighted by Gasteiger charge is -2.28. The lowest BCUT2D eigenvalue weighted by atomic mass is 9.86. The molecule has 0 saturated heterocycles. The minimum Gasteiger partial charge on any atom is -0.447 e. The Bertz CT molecular complexity index is 1650. The third kappa shape index (κ3) is 7.14. The van der Waals surface area contributed by atoms with Crippen LogP contribution in [0, 0.1) is 0 Å². The number of sulfonamides is 1. The van der Waals surface area contributed by atoms with Crippen LogP contribution >= 0.6 is 22.7 Å². The average Bonchev–Trinajstić information content (AvgIpc) is 3.56. The van der Waals surface area contributed by atoms with E-state index in [2.05, 4.69) is 15.0 Å². The van der Waals surface area contributed by atoms with Crippen LogP contribution in [0.3, 0.4) is 0 Å². The maximum Gasteiger partial charge on any atom is 0.407 e. The fraction of sp³-hybridized carbons (Fsp3) is 0.433. The number of carbonyl (C=O) groups is 1. The van der Waals surface area contributed by atoms with Gasteiger partial charge in [0.15, 0.2) is 0 Å². The van der Waals surface area contributed by atoms with E-state index in [-0.39, 0.29) is 29.1 Å². The van der Waals surface area contributed by atoms with Crippen molar-refractivity contribution in [2.24, 2.45) is 0 Å². The second-order valence-electron chi connectivity index (χ2n) is 11.8. The van der Waals surface area contributed by atoms with E-state index in [4.69, 9.17) is 9.72 Å². The van der Waals surface area contributed by atoms with Gasteiger partial charge in [0.05, 0.1) is 36.6 Å². The fourth-order valence-corrected chi connectivity index (χ4v) is 8.69. The first kappa shape index (κ1) is 29.6. The summed E-state index contributed by atoms with van der Waals surface area (Å²) in [6.07, 6.45) is 4.77. The Morgan fingerprint density at radius 3 is 2.44 bits per heavy atom. The van der Waals surface area contributed by atoms with E-state index in [1.165, 1.54) is 0 Å². The Balaban J connectivity index is 1.42. The van der Waals surface area contributed by atoms with Crippen molar-refractivity contribution >= 4 is 49.0 Å². The van der Waals surface area contributed by atoms with Crippen molar-refractivity contribution in [3.63, 3.8) is 0 Å². The molecular formula is C30H36N4O4S3. The van der Waals surface area contributed by atoms with E-state index in [1.54, 1.807) is 34.9 Å². The largest absolute Gasteiger partial charge is 0.447 e. The maximum atomic E-state index is 13.7. The molecule has 41 heavy (non-hydrogen) atoms. The first-order valence-corrected chi connectivity index (χ1v) is 17.0. The molecule has 1 saturated carbocycles. The number of hydrogen-bond donors (Lipinski definition) is 2.